The van der Waals surface area contributed by atoms with Gasteiger partial charge in [0.05, 0.1) is 24.4 Å². The molecule has 0 aliphatic carbocycles. The summed E-state index contributed by atoms with van der Waals surface area (Å²) < 4.78 is 19.8. The van der Waals surface area contributed by atoms with Crippen molar-refractivity contribution in [3.8, 4) is 5.75 Å². The van der Waals surface area contributed by atoms with Crippen LogP contribution in [0.3, 0.4) is 0 Å². The van der Waals surface area contributed by atoms with Crippen LogP contribution in [0.1, 0.15) is 30.1 Å². The molecule has 1 aromatic heterocycles. The Kier molecular flexibility index (Phi) is 5.22. The maximum Gasteiger partial charge on any atom is 0.134 e. The highest BCUT2D eigenvalue weighted by Gasteiger charge is 2.27. The molecule has 1 N–H and O–H groups in total. The Morgan fingerprint density at radius 2 is 2.04 bits per heavy atom. The second-order valence-electron chi connectivity index (χ2n) is 7.68. The van der Waals surface area contributed by atoms with Crippen molar-refractivity contribution >= 4 is 11.4 Å². The zero-order valence-corrected chi connectivity index (χ0v) is 16.7. The Hall–Kier alpha value is -2.60. The van der Waals surface area contributed by atoms with Gasteiger partial charge in [-0.05, 0) is 50.4 Å². The van der Waals surface area contributed by atoms with Crippen molar-refractivity contribution in [2.45, 2.75) is 24.9 Å². The van der Waals surface area contributed by atoms with Gasteiger partial charge in [-0.1, -0.05) is 12.1 Å². The fourth-order valence-corrected chi connectivity index (χ4v) is 4.07. The van der Waals surface area contributed by atoms with E-state index in [1.807, 2.05) is 12.3 Å². The first kappa shape index (κ1) is 18.7. The summed E-state index contributed by atoms with van der Waals surface area (Å²) in [5.74, 6) is 1.31. The van der Waals surface area contributed by atoms with E-state index >= 15 is 0 Å². The first-order chi connectivity index (χ1) is 13.6. The molecule has 0 radical (unpaired) electrons. The third kappa shape index (κ3) is 3.56. The van der Waals surface area contributed by atoms with Gasteiger partial charge >= 0.3 is 0 Å². The van der Waals surface area contributed by atoms with E-state index in [1.165, 1.54) is 6.07 Å². The molecule has 0 spiro atoms. The van der Waals surface area contributed by atoms with Gasteiger partial charge in [0.1, 0.15) is 17.4 Å². The molecule has 0 bridgehead atoms. The van der Waals surface area contributed by atoms with Crippen LogP contribution in [0, 0.1) is 5.82 Å². The lowest BCUT2D eigenvalue weighted by Gasteiger charge is -2.22. The summed E-state index contributed by atoms with van der Waals surface area (Å²) >= 11 is 0. The smallest absolute Gasteiger partial charge is 0.134 e. The number of aromatic nitrogens is 1. The monoisotopic (exact) mass is 382 g/mol. The summed E-state index contributed by atoms with van der Waals surface area (Å²) in [6.45, 7) is 2.02. The van der Waals surface area contributed by atoms with Crippen LogP contribution in [-0.4, -0.2) is 50.2 Å². The topological polar surface area (TPSA) is 40.6 Å². The number of likely N-dealkylation sites (N-methyl/N-ethyl adjacent to an activating group) is 1. The van der Waals surface area contributed by atoms with Gasteiger partial charge < -0.3 is 19.9 Å². The lowest BCUT2D eigenvalue weighted by molar-refractivity contribution is 0.315. The number of pyridine rings is 1. The minimum atomic E-state index is -0.262. The van der Waals surface area contributed by atoms with E-state index in [-0.39, 0.29) is 11.9 Å². The van der Waals surface area contributed by atoms with Crippen LogP contribution in [0.5, 0.6) is 5.75 Å². The number of benzene rings is 1. The van der Waals surface area contributed by atoms with Gasteiger partial charge in [0.2, 0.25) is 0 Å². The Bertz CT molecular complexity index is 883. The molecule has 3 heterocycles. The Balaban J connectivity index is 1.51. The quantitative estimate of drug-likeness (QED) is 0.858. The van der Waals surface area contributed by atoms with E-state index < -0.39 is 0 Å². The number of halogens is 1. The second kappa shape index (κ2) is 7.80. The molecule has 1 fully saturated rings. The summed E-state index contributed by atoms with van der Waals surface area (Å²) in [5, 5.41) is 3.37. The Labute approximate surface area is 165 Å². The molecule has 4 rings (SSSR count). The van der Waals surface area contributed by atoms with Gasteiger partial charge in [-0.2, -0.15) is 0 Å². The average Bonchev–Trinajstić information content (AvgIpc) is 3.38. The molecule has 1 aromatic carbocycles. The van der Waals surface area contributed by atoms with Crippen LogP contribution >= 0.6 is 0 Å². The predicted molar refractivity (Wildman–Crippen MR) is 110 cm³/mol. The minimum Gasteiger partial charge on any atom is -0.496 e. The van der Waals surface area contributed by atoms with E-state index in [1.54, 1.807) is 19.2 Å². The van der Waals surface area contributed by atoms with Crippen molar-refractivity contribution in [3.05, 3.63) is 59.7 Å². The van der Waals surface area contributed by atoms with Crippen LogP contribution < -0.4 is 15.0 Å². The molecule has 148 valence electrons. The van der Waals surface area contributed by atoms with E-state index in [4.69, 9.17) is 9.72 Å². The Morgan fingerprint density at radius 3 is 2.79 bits per heavy atom. The molecule has 0 amide bonds. The molecule has 2 atom stereocenters. The molecule has 2 aliphatic heterocycles. The molecule has 28 heavy (non-hydrogen) atoms. The number of nitrogens with zero attached hydrogens (tertiary/aromatic N) is 3. The van der Waals surface area contributed by atoms with E-state index in [2.05, 4.69) is 41.3 Å². The summed E-state index contributed by atoms with van der Waals surface area (Å²) in [5.41, 5.74) is 2.41. The minimum absolute atomic E-state index is 0.0338. The number of ether oxygens (including phenoxy) is 1. The number of nitrogens with one attached hydrogen (secondary N) is 1. The maximum absolute atomic E-state index is 14.4. The molecule has 2 aromatic rings. The van der Waals surface area contributed by atoms with Crippen LogP contribution in [-0.2, 0) is 0 Å². The lowest BCUT2D eigenvalue weighted by atomic mass is 9.99. The zero-order valence-electron chi connectivity index (χ0n) is 16.7. The van der Waals surface area contributed by atoms with Gasteiger partial charge in [0, 0.05) is 31.8 Å². The summed E-state index contributed by atoms with van der Waals surface area (Å²) in [6.07, 6.45) is 3.71. The van der Waals surface area contributed by atoms with Crippen LogP contribution in [0.4, 0.5) is 10.2 Å². The SMILES string of the molecule is COc1cccc(F)c1C1=CNC(c2cccc(N3CCC(N(C)C)C3)n2)C1. The van der Waals surface area contributed by atoms with Gasteiger partial charge in [-0.3, -0.25) is 0 Å². The third-order valence-electron chi connectivity index (χ3n) is 5.73. The van der Waals surface area contributed by atoms with Gasteiger partial charge in [0.15, 0.2) is 0 Å². The number of hydrogen-bond acceptors (Lipinski definition) is 5. The number of methoxy groups -OCH3 is 1. The summed E-state index contributed by atoms with van der Waals surface area (Å²) in [7, 11) is 5.83. The second-order valence-corrected chi connectivity index (χ2v) is 7.68. The summed E-state index contributed by atoms with van der Waals surface area (Å²) in [4.78, 5) is 9.53. The van der Waals surface area contributed by atoms with E-state index in [0.717, 1.165) is 36.6 Å². The van der Waals surface area contributed by atoms with Crippen molar-refractivity contribution < 1.29 is 9.13 Å². The van der Waals surface area contributed by atoms with Gasteiger partial charge in [-0.25, -0.2) is 9.37 Å². The van der Waals surface area contributed by atoms with E-state index in [0.29, 0.717) is 23.8 Å². The highest BCUT2D eigenvalue weighted by atomic mass is 19.1. The van der Waals surface area contributed by atoms with Crippen molar-refractivity contribution in [3.63, 3.8) is 0 Å². The molecule has 2 aliphatic rings. The number of hydrogen-bond donors (Lipinski definition) is 1. The van der Waals surface area contributed by atoms with Crippen molar-refractivity contribution in [1.29, 1.82) is 0 Å². The molecule has 5 nitrogen and oxygen atoms in total. The van der Waals surface area contributed by atoms with Crippen LogP contribution in [0.25, 0.3) is 5.57 Å². The summed E-state index contributed by atoms with van der Waals surface area (Å²) in [6, 6.07) is 11.7. The number of anilines is 1. The first-order valence-corrected chi connectivity index (χ1v) is 9.73. The zero-order chi connectivity index (χ0) is 19.7. The van der Waals surface area contributed by atoms with Crippen molar-refractivity contribution in [2.24, 2.45) is 0 Å². The van der Waals surface area contributed by atoms with Gasteiger partial charge in [0.25, 0.3) is 0 Å². The molecule has 1 saturated heterocycles. The molecular formula is C22H27FN4O. The normalized spacial score (nSPS) is 21.8. The first-order valence-electron chi connectivity index (χ1n) is 9.73. The molecule has 0 saturated carbocycles. The van der Waals surface area contributed by atoms with Crippen LogP contribution in [0.15, 0.2) is 42.6 Å². The Morgan fingerprint density at radius 1 is 1.21 bits per heavy atom. The van der Waals surface area contributed by atoms with Crippen molar-refractivity contribution in [2.75, 3.05) is 39.2 Å². The lowest BCUT2D eigenvalue weighted by Crippen LogP contribution is -2.31. The highest BCUT2D eigenvalue weighted by molar-refractivity contribution is 5.73. The van der Waals surface area contributed by atoms with E-state index in [9.17, 15) is 4.39 Å². The maximum atomic E-state index is 14.4. The predicted octanol–water partition coefficient (Wildman–Crippen LogP) is 3.45. The standard InChI is InChI=1S/C22H27FN4O/c1-26(2)16-10-11-27(14-16)21-9-5-7-18(25-21)19-12-15(13-24-19)22-17(23)6-4-8-20(22)28-3/h4-9,13,16,19,24H,10-12,14H2,1-3H3. The van der Waals surface area contributed by atoms with Gasteiger partial charge in [-0.15, -0.1) is 0 Å². The molecule has 6 heteroatoms. The average molecular weight is 382 g/mol. The third-order valence-corrected chi connectivity index (χ3v) is 5.73. The largest absolute Gasteiger partial charge is 0.496 e. The number of rotatable bonds is 5. The fraction of sp³-hybridized carbons (Fsp3) is 0.409. The highest BCUT2D eigenvalue weighted by Crippen LogP contribution is 2.37. The van der Waals surface area contributed by atoms with Crippen molar-refractivity contribution in [1.82, 2.24) is 15.2 Å². The fourth-order valence-electron chi connectivity index (χ4n) is 4.07. The molecule has 2 unspecified atom stereocenters. The van der Waals surface area contributed by atoms with Crippen LogP contribution in [0.2, 0.25) is 0 Å². The molecular weight excluding hydrogens is 355 g/mol.